The summed E-state index contributed by atoms with van der Waals surface area (Å²) in [6, 6.07) is 0. The fraction of sp³-hybridized carbons (Fsp3) is 0. The molecule has 66 valence electrons. The van der Waals surface area contributed by atoms with Crippen LogP contribution in [0, 0.1) is 0 Å². The average molecular weight is 326 g/mol. The van der Waals surface area contributed by atoms with Crippen LogP contribution in [0.3, 0.4) is 0 Å². The van der Waals surface area contributed by atoms with E-state index < -0.39 is 7.82 Å². The van der Waals surface area contributed by atoms with Gasteiger partial charge in [0.25, 0.3) is 0 Å². The molecule has 0 atom stereocenters. The van der Waals surface area contributed by atoms with Crippen LogP contribution in [-0.4, -0.2) is 14.7 Å². The van der Waals surface area contributed by atoms with Crippen LogP contribution < -0.4 is 0 Å². The van der Waals surface area contributed by atoms with Gasteiger partial charge >= 0.3 is 7.82 Å². The van der Waals surface area contributed by atoms with Crippen molar-refractivity contribution in [1.82, 2.24) is 0 Å². The summed E-state index contributed by atoms with van der Waals surface area (Å²) in [5, 5.41) is 0. The van der Waals surface area contributed by atoms with E-state index in [0.717, 1.165) is 0 Å². The van der Waals surface area contributed by atoms with Gasteiger partial charge in [0, 0.05) is 67.4 Å². The van der Waals surface area contributed by atoms with E-state index in [1.807, 2.05) is 0 Å². The molecule has 0 spiro atoms. The molecule has 0 amide bonds. The molecule has 0 heterocycles. The first-order chi connectivity index (χ1) is 2.00. The smallest absolute Gasteiger partial charge is 0.303 e. The van der Waals surface area contributed by atoms with E-state index in [1.54, 1.807) is 0 Å². The van der Waals surface area contributed by atoms with Crippen molar-refractivity contribution in [1.29, 1.82) is 0 Å². The zero-order valence-corrected chi connectivity index (χ0v) is 8.79. The Morgan fingerprint density at radius 3 is 1.11 bits per heavy atom. The first-order valence-electron chi connectivity index (χ1n) is 0.783. The van der Waals surface area contributed by atoms with Crippen LogP contribution in [-0.2, 0) is 72.0 Å². The Morgan fingerprint density at radius 1 is 1.11 bits per heavy atom. The molecule has 0 unspecified atom stereocenters. The predicted octanol–water partition coefficient (Wildman–Crippen LogP) is -0.939. The molecule has 0 aromatic rings. The molecule has 0 aromatic heterocycles. The van der Waals surface area contributed by atoms with Gasteiger partial charge in [-0.2, -0.15) is 0 Å². The molecular weight excluding hydrogens is 323 g/mol. The molecule has 0 rings (SSSR count). The van der Waals surface area contributed by atoms with Crippen LogP contribution in [0.25, 0.3) is 0 Å². The SMILES string of the molecule is O=P(O)(O)O.[Co].[Fe].[Mn].[Ni]. The minimum atomic E-state index is -4.64. The van der Waals surface area contributed by atoms with E-state index in [9.17, 15) is 0 Å². The summed E-state index contributed by atoms with van der Waals surface area (Å²) in [6.45, 7) is 0. The van der Waals surface area contributed by atoms with Crippen LogP contribution in [0.15, 0.2) is 0 Å². The zero-order valence-electron chi connectivity index (χ0n) is 3.58. The standard InChI is InChI=1S/Co.Fe.Mn.Ni.H3O4P/c;;;;1-5(2,3)4/h;;;;(H3,1,2,3,4). The molecule has 3 N–H and O–H groups in total. The summed E-state index contributed by atoms with van der Waals surface area (Å²) in [5.74, 6) is 0. The summed E-state index contributed by atoms with van der Waals surface area (Å²) < 4.78 is 8.88. The second kappa shape index (κ2) is 12.8. The maximum atomic E-state index is 8.88. The van der Waals surface area contributed by atoms with Crippen molar-refractivity contribution in [2.24, 2.45) is 0 Å². The second-order valence-corrected chi connectivity index (χ2v) is 1.54. The molecule has 0 bridgehead atoms. The van der Waals surface area contributed by atoms with Gasteiger partial charge in [0.05, 0.1) is 0 Å². The minimum absolute atomic E-state index is 0. The molecule has 0 saturated heterocycles. The Bertz CT molecular complexity index is 66.7. The predicted molar refractivity (Wildman–Crippen MR) is 14.3 cm³/mol. The topological polar surface area (TPSA) is 77.8 Å². The van der Waals surface area contributed by atoms with Gasteiger partial charge in [-0.3, -0.25) is 0 Å². The van der Waals surface area contributed by atoms with E-state index in [-0.39, 0.29) is 67.4 Å². The van der Waals surface area contributed by atoms with Gasteiger partial charge in [0.15, 0.2) is 0 Å². The molecule has 0 fully saturated rings. The molecule has 0 aliphatic rings. The maximum absolute atomic E-state index is 8.88. The first-order valence-corrected chi connectivity index (χ1v) is 2.35. The average Bonchev–Trinajstić information content (AvgIpc) is 0.722. The number of rotatable bonds is 0. The normalized spacial score (nSPS) is 6.56. The van der Waals surface area contributed by atoms with Gasteiger partial charge in [-0.25, -0.2) is 4.57 Å². The second-order valence-electron chi connectivity index (χ2n) is 0.513. The van der Waals surface area contributed by atoms with Crippen molar-refractivity contribution >= 4 is 7.82 Å². The van der Waals surface area contributed by atoms with Crippen molar-refractivity contribution < 1.29 is 86.7 Å². The van der Waals surface area contributed by atoms with Gasteiger partial charge in [0.2, 0.25) is 0 Å². The fourth-order valence-corrected chi connectivity index (χ4v) is 0. The Labute approximate surface area is 93.9 Å². The van der Waals surface area contributed by atoms with Crippen LogP contribution >= 0.6 is 7.82 Å². The molecule has 9 heavy (non-hydrogen) atoms. The summed E-state index contributed by atoms with van der Waals surface area (Å²) in [6.07, 6.45) is 0. The van der Waals surface area contributed by atoms with Crippen molar-refractivity contribution in [3.8, 4) is 0 Å². The van der Waals surface area contributed by atoms with Crippen molar-refractivity contribution in [3.63, 3.8) is 0 Å². The van der Waals surface area contributed by atoms with Crippen molar-refractivity contribution in [3.05, 3.63) is 0 Å². The molecule has 4 nitrogen and oxygen atoms in total. The van der Waals surface area contributed by atoms with E-state index in [1.165, 1.54) is 0 Å². The minimum Gasteiger partial charge on any atom is -0.303 e. The van der Waals surface area contributed by atoms with E-state index >= 15 is 0 Å². The third-order valence-electron chi connectivity index (χ3n) is 0. The summed E-state index contributed by atoms with van der Waals surface area (Å²) in [4.78, 5) is 21.6. The number of phosphoric acid groups is 1. The maximum Gasteiger partial charge on any atom is 0.466 e. The quantitative estimate of drug-likeness (QED) is 0.397. The Hall–Kier alpha value is 2.15. The van der Waals surface area contributed by atoms with E-state index in [2.05, 4.69) is 0 Å². The summed E-state index contributed by atoms with van der Waals surface area (Å²) >= 11 is 0. The number of hydrogen-bond acceptors (Lipinski definition) is 1. The summed E-state index contributed by atoms with van der Waals surface area (Å²) in [5.41, 5.74) is 0. The van der Waals surface area contributed by atoms with Crippen LogP contribution in [0.1, 0.15) is 0 Å². The molecule has 0 aromatic carbocycles. The van der Waals surface area contributed by atoms with Gasteiger partial charge in [-0.15, -0.1) is 0 Å². The molecule has 0 aliphatic carbocycles. The Balaban J connectivity index is -0.0000000133. The monoisotopic (exact) mass is 326 g/mol. The zero-order chi connectivity index (χ0) is 4.50. The fourth-order valence-electron chi connectivity index (χ4n) is 0. The molecule has 9 heteroatoms. The third-order valence-corrected chi connectivity index (χ3v) is 0. The first kappa shape index (κ1) is 30.4. The molecule has 0 aliphatic heterocycles. The number of hydrogen-bond donors (Lipinski definition) is 3. The van der Waals surface area contributed by atoms with Gasteiger partial charge in [-0.05, 0) is 0 Å². The van der Waals surface area contributed by atoms with Crippen LogP contribution in [0.2, 0.25) is 0 Å². The van der Waals surface area contributed by atoms with Gasteiger partial charge < -0.3 is 14.7 Å². The van der Waals surface area contributed by atoms with E-state index in [0.29, 0.717) is 0 Å². The molecular formula is H3CoFeMnNiO4P. The van der Waals surface area contributed by atoms with Crippen molar-refractivity contribution in [2.75, 3.05) is 0 Å². The van der Waals surface area contributed by atoms with Crippen LogP contribution in [0.5, 0.6) is 0 Å². The van der Waals surface area contributed by atoms with E-state index in [4.69, 9.17) is 19.2 Å². The Morgan fingerprint density at radius 2 is 1.11 bits per heavy atom. The van der Waals surface area contributed by atoms with Gasteiger partial charge in [-0.1, -0.05) is 0 Å². The molecule has 2 radical (unpaired) electrons. The Kier molecular flexibility index (Phi) is 43.2. The molecule has 0 saturated carbocycles. The third kappa shape index (κ3) is 146. The van der Waals surface area contributed by atoms with Crippen LogP contribution in [0.4, 0.5) is 0 Å². The summed E-state index contributed by atoms with van der Waals surface area (Å²) in [7, 11) is -4.64. The van der Waals surface area contributed by atoms with Gasteiger partial charge in [0.1, 0.15) is 0 Å². The largest absolute Gasteiger partial charge is 0.466 e. The van der Waals surface area contributed by atoms with Crippen molar-refractivity contribution in [2.45, 2.75) is 0 Å².